The second-order valence-electron chi connectivity index (χ2n) is 5.87. The van der Waals surface area contributed by atoms with Gasteiger partial charge in [-0.1, -0.05) is 19.1 Å². The van der Waals surface area contributed by atoms with Crippen LogP contribution in [0.5, 0.6) is 0 Å². The summed E-state index contributed by atoms with van der Waals surface area (Å²) in [4.78, 5) is 12.3. The molecule has 1 unspecified atom stereocenters. The maximum absolute atomic E-state index is 12.3. The smallest absolute Gasteiger partial charge is 0.253 e. The number of nitrogens with one attached hydrogen (secondary N) is 3. The van der Waals surface area contributed by atoms with Crippen molar-refractivity contribution >= 4 is 21.6 Å². The minimum Gasteiger partial charge on any atom is -0.352 e. The van der Waals surface area contributed by atoms with Crippen molar-refractivity contribution in [1.82, 2.24) is 10.6 Å². The molecule has 0 spiro atoms. The molecule has 2 rings (SSSR count). The van der Waals surface area contributed by atoms with Crippen molar-refractivity contribution in [3.8, 4) is 0 Å². The zero-order valence-corrected chi connectivity index (χ0v) is 14.3. The van der Waals surface area contributed by atoms with Crippen molar-refractivity contribution in [1.29, 1.82) is 0 Å². The highest BCUT2D eigenvalue weighted by atomic mass is 32.2. The topological polar surface area (TPSA) is 87.3 Å². The zero-order valence-electron chi connectivity index (χ0n) is 13.5. The van der Waals surface area contributed by atoms with Crippen molar-refractivity contribution in [2.45, 2.75) is 26.2 Å². The largest absolute Gasteiger partial charge is 0.352 e. The summed E-state index contributed by atoms with van der Waals surface area (Å²) in [5, 5.41) is 6.18. The molecule has 1 aliphatic rings. The number of hydrogen-bond donors (Lipinski definition) is 3. The maximum atomic E-state index is 12.3. The molecule has 1 aliphatic heterocycles. The van der Waals surface area contributed by atoms with Crippen LogP contribution in [0.15, 0.2) is 24.3 Å². The molecular weight excluding hydrogens is 314 g/mol. The van der Waals surface area contributed by atoms with Gasteiger partial charge in [0.25, 0.3) is 5.91 Å². The average molecular weight is 339 g/mol. The van der Waals surface area contributed by atoms with Gasteiger partial charge in [0.2, 0.25) is 10.0 Å². The summed E-state index contributed by atoms with van der Waals surface area (Å²) in [6.07, 6.45) is 2.60. The van der Waals surface area contributed by atoms with Crippen LogP contribution in [0.3, 0.4) is 0 Å². The van der Waals surface area contributed by atoms with Gasteiger partial charge in [0, 0.05) is 6.54 Å². The van der Waals surface area contributed by atoms with Crippen LogP contribution < -0.4 is 15.4 Å². The van der Waals surface area contributed by atoms with Crippen molar-refractivity contribution in [3.63, 3.8) is 0 Å². The monoisotopic (exact) mass is 339 g/mol. The Morgan fingerprint density at radius 2 is 2.13 bits per heavy atom. The molecule has 1 aromatic rings. The number of benzene rings is 1. The lowest BCUT2D eigenvalue weighted by molar-refractivity contribution is 0.0952. The van der Waals surface area contributed by atoms with E-state index in [4.69, 9.17) is 0 Å². The standard InChI is InChI=1S/C16H25N3O3S/c1-2-11-23(21,22)19-15-6-4-3-5-14(15)16(20)18-10-8-13-7-9-17-12-13/h3-6,13,17,19H,2,7-12H2,1H3,(H,18,20). The summed E-state index contributed by atoms with van der Waals surface area (Å²) in [6.45, 7) is 4.45. The van der Waals surface area contributed by atoms with Gasteiger partial charge in [-0.2, -0.15) is 0 Å². The van der Waals surface area contributed by atoms with Crippen molar-refractivity contribution in [2.24, 2.45) is 5.92 Å². The van der Waals surface area contributed by atoms with Crippen LogP contribution in [0.1, 0.15) is 36.5 Å². The molecule has 1 saturated heterocycles. The van der Waals surface area contributed by atoms with Gasteiger partial charge in [0.15, 0.2) is 0 Å². The summed E-state index contributed by atoms with van der Waals surface area (Å²) in [6, 6.07) is 6.69. The predicted octanol–water partition coefficient (Wildman–Crippen LogP) is 1.57. The van der Waals surface area contributed by atoms with Gasteiger partial charge >= 0.3 is 0 Å². The molecule has 1 amide bonds. The van der Waals surface area contributed by atoms with Crippen molar-refractivity contribution < 1.29 is 13.2 Å². The lowest BCUT2D eigenvalue weighted by Crippen LogP contribution is -2.28. The van der Waals surface area contributed by atoms with E-state index in [1.165, 1.54) is 0 Å². The van der Waals surface area contributed by atoms with Gasteiger partial charge in [-0.15, -0.1) is 0 Å². The van der Waals surface area contributed by atoms with Crippen LogP contribution in [-0.2, 0) is 10.0 Å². The van der Waals surface area contributed by atoms with Crippen LogP contribution in [0.2, 0.25) is 0 Å². The van der Waals surface area contributed by atoms with Crippen LogP contribution in [-0.4, -0.2) is 39.7 Å². The maximum Gasteiger partial charge on any atom is 0.253 e. The van der Waals surface area contributed by atoms with Gasteiger partial charge in [0.1, 0.15) is 0 Å². The molecule has 0 bridgehead atoms. The Morgan fingerprint density at radius 1 is 1.35 bits per heavy atom. The van der Waals surface area contributed by atoms with E-state index in [9.17, 15) is 13.2 Å². The number of carbonyl (C=O) groups excluding carboxylic acids is 1. The van der Waals surface area contributed by atoms with E-state index in [1.54, 1.807) is 31.2 Å². The Labute approximate surface area is 138 Å². The van der Waals surface area contributed by atoms with E-state index < -0.39 is 10.0 Å². The van der Waals surface area contributed by atoms with E-state index in [0.717, 1.165) is 25.9 Å². The number of rotatable bonds is 8. The fraction of sp³-hybridized carbons (Fsp3) is 0.562. The molecule has 128 valence electrons. The van der Waals surface area contributed by atoms with E-state index in [-0.39, 0.29) is 11.7 Å². The fourth-order valence-electron chi connectivity index (χ4n) is 2.70. The first-order chi connectivity index (χ1) is 11.0. The minimum atomic E-state index is -3.41. The summed E-state index contributed by atoms with van der Waals surface area (Å²) in [5.74, 6) is 0.400. The molecule has 23 heavy (non-hydrogen) atoms. The Hall–Kier alpha value is -1.60. The first kappa shape index (κ1) is 17.7. The predicted molar refractivity (Wildman–Crippen MR) is 92.1 cm³/mol. The molecule has 0 aliphatic carbocycles. The van der Waals surface area contributed by atoms with Gasteiger partial charge < -0.3 is 10.6 Å². The number of hydrogen-bond acceptors (Lipinski definition) is 4. The molecule has 1 atom stereocenters. The van der Waals surface area contributed by atoms with Gasteiger partial charge in [-0.25, -0.2) is 8.42 Å². The summed E-state index contributed by atoms with van der Waals surface area (Å²) in [7, 11) is -3.41. The summed E-state index contributed by atoms with van der Waals surface area (Å²) < 4.78 is 26.3. The van der Waals surface area contributed by atoms with Crippen LogP contribution in [0, 0.1) is 5.92 Å². The molecule has 7 heteroatoms. The first-order valence-corrected chi connectivity index (χ1v) is 9.75. The lowest BCUT2D eigenvalue weighted by Gasteiger charge is -2.13. The number of anilines is 1. The number of sulfonamides is 1. The molecule has 0 saturated carbocycles. The summed E-state index contributed by atoms with van der Waals surface area (Å²) in [5.41, 5.74) is 0.692. The van der Waals surface area contributed by atoms with E-state index in [1.807, 2.05) is 0 Å². The third-order valence-corrected chi connectivity index (χ3v) is 5.39. The molecule has 6 nitrogen and oxygen atoms in total. The van der Waals surface area contributed by atoms with Crippen molar-refractivity contribution in [2.75, 3.05) is 30.1 Å². The quantitative estimate of drug-likeness (QED) is 0.671. The van der Waals surface area contributed by atoms with E-state index >= 15 is 0 Å². The van der Waals surface area contributed by atoms with Crippen LogP contribution >= 0.6 is 0 Å². The molecule has 0 radical (unpaired) electrons. The molecule has 1 fully saturated rings. The molecule has 1 heterocycles. The fourth-order valence-corrected chi connectivity index (χ4v) is 3.86. The minimum absolute atomic E-state index is 0.0393. The Morgan fingerprint density at radius 3 is 2.83 bits per heavy atom. The Bertz CT molecular complexity index is 625. The van der Waals surface area contributed by atoms with Gasteiger partial charge in [-0.05, 0) is 50.4 Å². The third-order valence-electron chi connectivity index (χ3n) is 3.91. The molecule has 0 aromatic heterocycles. The second-order valence-corrected chi connectivity index (χ2v) is 7.71. The lowest BCUT2D eigenvalue weighted by atomic mass is 10.1. The first-order valence-electron chi connectivity index (χ1n) is 8.10. The van der Waals surface area contributed by atoms with Crippen LogP contribution in [0.4, 0.5) is 5.69 Å². The average Bonchev–Trinajstić information content (AvgIpc) is 3.00. The highest BCUT2D eigenvalue weighted by Crippen LogP contribution is 2.17. The second kappa shape index (κ2) is 8.31. The van der Waals surface area contributed by atoms with Crippen molar-refractivity contribution in [3.05, 3.63) is 29.8 Å². The third kappa shape index (κ3) is 5.51. The summed E-state index contributed by atoms with van der Waals surface area (Å²) >= 11 is 0. The molecule has 1 aromatic carbocycles. The Kier molecular flexibility index (Phi) is 6.41. The SMILES string of the molecule is CCCS(=O)(=O)Nc1ccccc1C(=O)NCCC1CCNC1. The highest BCUT2D eigenvalue weighted by Gasteiger charge is 2.17. The molecular formula is C16H25N3O3S. The van der Waals surface area contributed by atoms with Gasteiger partial charge in [-0.3, -0.25) is 9.52 Å². The van der Waals surface area contributed by atoms with E-state index in [0.29, 0.717) is 30.1 Å². The number of carbonyl (C=O) groups is 1. The number of para-hydroxylation sites is 1. The normalized spacial score (nSPS) is 17.9. The van der Waals surface area contributed by atoms with Crippen LogP contribution in [0.25, 0.3) is 0 Å². The van der Waals surface area contributed by atoms with Gasteiger partial charge in [0.05, 0.1) is 17.0 Å². The zero-order chi connectivity index (χ0) is 16.7. The molecule has 3 N–H and O–H groups in total. The number of amides is 1. The Balaban J connectivity index is 1.96. The highest BCUT2D eigenvalue weighted by molar-refractivity contribution is 7.92. The van der Waals surface area contributed by atoms with E-state index in [2.05, 4.69) is 15.4 Å².